The minimum absolute atomic E-state index is 0.187. The summed E-state index contributed by atoms with van der Waals surface area (Å²) < 4.78 is 14.3. The molecule has 0 unspecified atom stereocenters. The lowest BCUT2D eigenvalue weighted by Gasteiger charge is -2.41. The van der Waals surface area contributed by atoms with Gasteiger partial charge in [0.2, 0.25) is 0 Å². The average molecular weight is 424 g/mol. The fourth-order valence-corrected chi connectivity index (χ4v) is 3.66. The van der Waals surface area contributed by atoms with E-state index in [1.54, 1.807) is 13.3 Å². The van der Waals surface area contributed by atoms with E-state index in [0.717, 1.165) is 24.3 Å². The van der Waals surface area contributed by atoms with Crippen molar-refractivity contribution in [2.75, 3.05) is 32.1 Å². The van der Waals surface area contributed by atoms with Gasteiger partial charge in [-0.1, -0.05) is 6.07 Å². The number of nitrogens with zero attached hydrogens (tertiary/aromatic N) is 2. The van der Waals surface area contributed by atoms with Gasteiger partial charge >= 0.3 is 0 Å². The predicted molar refractivity (Wildman–Crippen MR) is 125 cm³/mol. The van der Waals surface area contributed by atoms with Crippen molar-refractivity contribution >= 4 is 23.4 Å². The zero-order valence-corrected chi connectivity index (χ0v) is 18.4. The van der Waals surface area contributed by atoms with Crippen molar-refractivity contribution in [1.29, 1.82) is 0 Å². The largest absolute Gasteiger partial charge is 0.404 e. The number of carbonyl (C=O) groups is 1. The molecular weight excluding hydrogens is 393 g/mol. The SMILES string of the molecule is CN=CC(=CN)c1cc(F)cc([C@@H](C)NC(=O)c2cc(N3CC(NC)C3)ccc2C)c1. The van der Waals surface area contributed by atoms with Gasteiger partial charge < -0.3 is 21.3 Å². The lowest BCUT2D eigenvalue weighted by atomic mass is 9.99. The third kappa shape index (κ3) is 5.11. The van der Waals surface area contributed by atoms with Gasteiger partial charge in [0.25, 0.3) is 5.91 Å². The Balaban J connectivity index is 1.79. The van der Waals surface area contributed by atoms with E-state index in [0.29, 0.717) is 28.3 Å². The number of aliphatic imine (C=N–C) groups is 1. The molecule has 1 saturated heterocycles. The molecule has 1 aliphatic rings. The maximum absolute atomic E-state index is 14.3. The van der Waals surface area contributed by atoms with Crippen LogP contribution in [0.2, 0.25) is 0 Å². The number of benzene rings is 2. The number of halogens is 1. The number of carbonyl (C=O) groups excluding carboxylic acids is 1. The zero-order valence-electron chi connectivity index (χ0n) is 18.4. The topological polar surface area (TPSA) is 82.7 Å². The van der Waals surface area contributed by atoms with Crippen LogP contribution in [0, 0.1) is 12.7 Å². The maximum Gasteiger partial charge on any atom is 0.252 e. The molecule has 0 aliphatic carbocycles. The Kier molecular flexibility index (Phi) is 7.07. The number of hydrogen-bond acceptors (Lipinski definition) is 5. The lowest BCUT2D eigenvalue weighted by Crippen LogP contribution is -2.57. The van der Waals surface area contributed by atoms with Crippen molar-refractivity contribution in [3.05, 3.63) is 70.7 Å². The standard InChI is InChI=1S/C24H30FN5O/c1-15-5-6-22(30-13-21(14-30)28-4)10-23(15)24(31)29-16(2)17-7-18(9-20(25)8-17)19(11-26)12-27-3/h5-12,16,21,28H,13-14,26H2,1-4H3,(H,29,31)/t16-/m1/s1. The lowest BCUT2D eigenvalue weighted by molar-refractivity contribution is 0.0939. The van der Waals surface area contributed by atoms with Crippen molar-refractivity contribution in [2.24, 2.45) is 10.7 Å². The van der Waals surface area contributed by atoms with E-state index in [-0.39, 0.29) is 11.9 Å². The van der Waals surface area contributed by atoms with E-state index in [2.05, 4.69) is 20.5 Å². The summed E-state index contributed by atoms with van der Waals surface area (Å²) in [5, 5.41) is 6.25. The van der Waals surface area contributed by atoms with E-state index >= 15 is 0 Å². The molecule has 1 atom stereocenters. The highest BCUT2D eigenvalue weighted by molar-refractivity contribution is 6.09. The molecule has 0 spiro atoms. The van der Waals surface area contributed by atoms with Crippen molar-refractivity contribution in [3.63, 3.8) is 0 Å². The molecule has 1 amide bonds. The number of amides is 1. The number of hydrogen-bond donors (Lipinski definition) is 3. The van der Waals surface area contributed by atoms with Gasteiger partial charge in [-0.25, -0.2) is 4.39 Å². The smallest absolute Gasteiger partial charge is 0.252 e. The van der Waals surface area contributed by atoms with Gasteiger partial charge in [-0.05, 0) is 67.9 Å². The van der Waals surface area contributed by atoms with Crippen molar-refractivity contribution < 1.29 is 9.18 Å². The third-order valence-corrected chi connectivity index (χ3v) is 5.67. The Bertz CT molecular complexity index is 1010. The molecule has 6 nitrogen and oxygen atoms in total. The fraction of sp³-hybridized carbons (Fsp3) is 0.333. The highest BCUT2D eigenvalue weighted by atomic mass is 19.1. The summed E-state index contributed by atoms with van der Waals surface area (Å²) in [7, 11) is 3.58. The molecule has 0 bridgehead atoms. The first-order valence-electron chi connectivity index (χ1n) is 10.3. The number of allylic oxidation sites excluding steroid dienone is 1. The Hall–Kier alpha value is -3.19. The molecule has 164 valence electrons. The number of likely N-dealkylation sites (N-methyl/N-ethyl adjacent to an activating group) is 1. The van der Waals surface area contributed by atoms with Crippen molar-refractivity contribution in [3.8, 4) is 0 Å². The van der Waals surface area contributed by atoms with E-state index < -0.39 is 5.82 Å². The second kappa shape index (κ2) is 9.75. The zero-order chi connectivity index (χ0) is 22.5. The predicted octanol–water partition coefficient (Wildman–Crippen LogP) is 3.03. The van der Waals surface area contributed by atoms with Gasteiger partial charge in [-0.2, -0.15) is 0 Å². The third-order valence-electron chi connectivity index (χ3n) is 5.67. The molecule has 4 N–H and O–H groups in total. The molecule has 3 rings (SSSR count). The average Bonchev–Trinajstić information content (AvgIpc) is 2.71. The van der Waals surface area contributed by atoms with E-state index in [1.165, 1.54) is 18.3 Å². The number of rotatable bonds is 7. The molecule has 0 aromatic heterocycles. The molecule has 1 fully saturated rings. The fourth-order valence-electron chi connectivity index (χ4n) is 3.66. The van der Waals surface area contributed by atoms with Gasteiger partial charge in [0, 0.05) is 55.4 Å². The van der Waals surface area contributed by atoms with Crippen LogP contribution in [0.1, 0.15) is 40.0 Å². The van der Waals surface area contributed by atoms with Crippen LogP contribution in [0.3, 0.4) is 0 Å². The monoisotopic (exact) mass is 423 g/mol. The van der Waals surface area contributed by atoms with Crippen LogP contribution >= 0.6 is 0 Å². The first-order chi connectivity index (χ1) is 14.9. The van der Waals surface area contributed by atoms with Crippen LogP contribution in [0.5, 0.6) is 0 Å². The summed E-state index contributed by atoms with van der Waals surface area (Å²) in [5.74, 6) is -0.583. The Morgan fingerprint density at radius 1 is 1.29 bits per heavy atom. The normalized spacial score (nSPS) is 15.8. The first kappa shape index (κ1) is 22.5. The summed E-state index contributed by atoms with van der Waals surface area (Å²) in [6, 6.07) is 10.7. The van der Waals surface area contributed by atoms with Gasteiger partial charge in [0.1, 0.15) is 5.82 Å². The number of nitrogens with two attached hydrogens (primary N) is 1. The van der Waals surface area contributed by atoms with E-state index in [1.807, 2.05) is 45.2 Å². The molecule has 0 radical (unpaired) electrons. The number of anilines is 1. The summed E-state index contributed by atoms with van der Waals surface area (Å²) >= 11 is 0. The molecule has 0 saturated carbocycles. The Morgan fingerprint density at radius 2 is 2.03 bits per heavy atom. The van der Waals surface area contributed by atoms with Crippen LogP contribution in [-0.4, -0.2) is 45.3 Å². The molecule has 2 aromatic rings. The minimum atomic E-state index is -0.396. The first-order valence-corrected chi connectivity index (χ1v) is 10.3. The Morgan fingerprint density at radius 3 is 2.68 bits per heavy atom. The molecule has 1 aliphatic heterocycles. The summed E-state index contributed by atoms with van der Waals surface area (Å²) in [4.78, 5) is 19.2. The van der Waals surface area contributed by atoms with Crippen LogP contribution < -0.4 is 21.3 Å². The minimum Gasteiger partial charge on any atom is -0.404 e. The van der Waals surface area contributed by atoms with Crippen molar-refractivity contribution in [1.82, 2.24) is 10.6 Å². The van der Waals surface area contributed by atoms with Crippen LogP contribution in [-0.2, 0) is 0 Å². The Labute approximate surface area is 183 Å². The number of nitrogens with one attached hydrogen (secondary N) is 2. The van der Waals surface area contributed by atoms with Crippen LogP contribution in [0.25, 0.3) is 5.57 Å². The highest BCUT2D eigenvalue weighted by Crippen LogP contribution is 2.25. The maximum atomic E-state index is 14.3. The second-order valence-corrected chi connectivity index (χ2v) is 7.87. The molecule has 2 aromatic carbocycles. The molecule has 31 heavy (non-hydrogen) atoms. The van der Waals surface area contributed by atoms with Gasteiger partial charge in [-0.3, -0.25) is 9.79 Å². The van der Waals surface area contributed by atoms with Gasteiger partial charge in [0.05, 0.1) is 6.04 Å². The quantitative estimate of drug-likeness (QED) is 0.598. The van der Waals surface area contributed by atoms with Crippen LogP contribution in [0.4, 0.5) is 10.1 Å². The summed E-state index contributed by atoms with van der Waals surface area (Å²) in [6.45, 7) is 5.59. The van der Waals surface area contributed by atoms with E-state index in [9.17, 15) is 9.18 Å². The molecular formula is C24H30FN5O. The van der Waals surface area contributed by atoms with Crippen molar-refractivity contribution in [2.45, 2.75) is 25.9 Å². The van der Waals surface area contributed by atoms with Gasteiger partial charge in [-0.15, -0.1) is 0 Å². The second-order valence-electron chi connectivity index (χ2n) is 7.87. The molecule has 7 heteroatoms. The van der Waals surface area contributed by atoms with Gasteiger partial charge in [0.15, 0.2) is 0 Å². The summed E-state index contributed by atoms with van der Waals surface area (Å²) in [6.07, 6.45) is 2.96. The summed E-state index contributed by atoms with van der Waals surface area (Å²) in [5.41, 5.74) is 10.1. The van der Waals surface area contributed by atoms with Crippen LogP contribution in [0.15, 0.2) is 47.6 Å². The van der Waals surface area contributed by atoms with E-state index in [4.69, 9.17) is 5.73 Å². The molecule has 1 heterocycles. The number of aryl methyl sites for hydroxylation is 1. The highest BCUT2D eigenvalue weighted by Gasteiger charge is 2.26.